The van der Waals surface area contributed by atoms with Gasteiger partial charge in [-0.25, -0.2) is 0 Å². The summed E-state index contributed by atoms with van der Waals surface area (Å²) in [6, 6.07) is 2.94. The summed E-state index contributed by atoms with van der Waals surface area (Å²) >= 11 is 12.4. The predicted molar refractivity (Wildman–Crippen MR) is 91.9 cm³/mol. The van der Waals surface area contributed by atoms with Crippen LogP contribution in [-0.4, -0.2) is 35.6 Å². The number of Topliss-reactive ketones (excluding diaryl/α,β-unsaturated/α-hetero) is 1. The van der Waals surface area contributed by atoms with Crippen molar-refractivity contribution < 1.29 is 23.1 Å². The van der Waals surface area contributed by atoms with Crippen LogP contribution in [0.5, 0.6) is 0 Å². The number of alkyl halides is 3. The number of ketones is 1. The first kappa shape index (κ1) is 20.1. The topological polar surface area (TPSA) is 40.5 Å². The molecule has 0 unspecified atom stereocenters. The molecule has 1 aliphatic carbocycles. The number of rotatable bonds is 4. The van der Waals surface area contributed by atoms with E-state index in [1.807, 2.05) is 0 Å². The van der Waals surface area contributed by atoms with Gasteiger partial charge in [-0.15, -0.1) is 0 Å². The summed E-state index contributed by atoms with van der Waals surface area (Å²) in [5.74, 6) is -0.350. The first-order valence-corrected chi connectivity index (χ1v) is 8.53. The van der Waals surface area contributed by atoms with E-state index in [0.29, 0.717) is 18.4 Å². The summed E-state index contributed by atoms with van der Waals surface area (Å²) in [6.45, 7) is -1.25. The average Bonchev–Trinajstić information content (AvgIpc) is 2.49. The van der Waals surface area contributed by atoms with Crippen LogP contribution in [0.3, 0.4) is 0 Å². The largest absolute Gasteiger partial charge is 0.507 e. The van der Waals surface area contributed by atoms with Gasteiger partial charge in [0.1, 0.15) is 5.76 Å². The number of hydrogen-bond acceptors (Lipinski definition) is 3. The summed E-state index contributed by atoms with van der Waals surface area (Å²) < 4.78 is 37.5. The number of carbonyl (C=O) groups excluding carboxylic acids is 1. The monoisotopic (exact) mass is 395 g/mol. The lowest BCUT2D eigenvalue weighted by atomic mass is 9.90. The third kappa shape index (κ3) is 5.12. The van der Waals surface area contributed by atoms with E-state index in [-0.39, 0.29) is 39.3 Å². The molecular formula is C17H18Cl2F3NO2. The maximum Gasteiger partial charge on any atom is 0.401 e. The second-order valence-corrected chi connectivity index (χ2v) is 6.92. The van der Waals surface area contributed by atoms with Crippen LogP contribution in [0.2, 0.25) is 10.0 Å². The van der Waals surface area contributed by atoms with Crippen LogP contribution in [0.4, 0.5) is 13.2 Å². The smallest absolute Gasteiger partial charge is 0.401 e. The van der Waals surface area contributed by atoms with E-state index in [0.717, 1.165) is 17.7 Å². The lowest BCUT2D eigenvalue weighted by molar-refractivity contribution is -0.144. The fourth-order valence-corrected chi connectivity index (χ4v) is 3.43. The van der Waals surface area contributed by atoms with Crippen molar-refractivity contribution >= 4 is 34.7 Å². The number of aliphatic hydroxyl groups excluding tert-OH is 1. The van der Waals surface area contributed by atoms with E-state index in [9.17, 15) is 23.1 Å². The fourth-order valence-electron chi connectivity index (χ4n) is 2.85. The Balaban J connectivity index is 2.36. The molecule has 0 bridgehead atoms. The van der Waals surface area contributed by atoms with Crippen molar-refractivity contribution in [3.63, 3.8) is 0 Å². The van der Waals surface area contributed by atoms with Crippen LogP contribution in [0, 0.1) is 0 Å². The number of allylic oxidation sites excluding steroid dienone is 1. The molecule has 2 rings (SSSR count). The molecule has 0 spiro atoms. The Morgan fingerprint density at radius 2 is 1.88 bits per heavy atom. The molecule has 1 aliphatic rings. The van der Waals surface area contributed by atoms with Gasteiger partial charge < -0.3 is 5.11 Å². The van der Waals surface area contributed by atoms with Gasteiger partial charge in [0.05, 0.1) is 11.6 Å². The lowest BCUT2D eigenvalue weighted by Crippen LogP contribution is -2.30. The van der Waals surface area contributed by atoms with Gasteiger partial charge >= 0.3 is 6.18 Å². The molecule has 0 atom stereocenters. The molecular weight excluding hydrogens is 378 g/mol. The van der Waals surface area contributed by atoms with E-state index in [4.69, 9.17) is 23.2 Å². The predicted octanol–water partition coefficient (Wildman–Crippen LogP) is 5.40. The molecule has 1 saturated carbocycles. The number of aliphatic hydroxyl groups is 1. The minimum Gasteiger partial charge on any atom is -0.507 e. The normalized spacial score (nSPS) is 18.0. The van der Waals surface area contributed by atoms with E-state index in [1.165, 1.54) is 19.2 Å². The van der Waals surface area contributed by atoms with Gasteiger partial charge in [0, 0.05) is 34.7 Å². The molecule has 0 heterocycles. The molecule has 0 amide bonds. The van der Waals surface area contributed by atoms with Gasteiger partial charge in [0.15, 0.2) is 5.78 Å². The van der Waals surface area contributed by atoms with Crippen molar-refractivity contribution in [2.45, 2.75) is 38.4 Å². The van der Waals surface area contributed by atoms with Crippen LogP contribution < -0.4 is 0 Å². The van der Waals surface area contributed by atoms with Gasteiger partial charge in [-0.05, 0) is 38.4 Å². The van der Waals surface area contributed by atoms with Gasteiger partial charge in [-0.1, -0.05) is 23.2 Å². The van der Waals surface area contributed by atoms with E-state index in [1.54, 1.807) is 0 Å². The SMILES string of the molecule is CN(Cc1c(Cl)ccc(C(O)=C2CCCCC2=O)c1Cl)CC(F)(F)F. The second kappa shape index (κ2) is 7.98. The third-order valence-corrected chi connectivity index (χ3v) is 4.81. The van der Waals surface area contributed by atoms with Gasteiger partial charge in [0.2, 0.25) is 0 Å². The number of carbonyl (C=O) groups is 1. The molecule has 25 heavy (non-hydrogen) atoms. The van der Waals surface area contributed by atoms with Crippen molar-refractivity contribution in [3.05, 3.63) is 38.9 Å². The Kier molecular flexibility index (Phi) is 6.40. The van der Waals surface area contributed by atoms with E-state index >= 15 is 0 Å². The highest BCUT2D eigenvalue weighted by molar-refractivity contribution is 6.37. The molecule has 1 N–H and O–H groups in total. The van der Waals surface area contributed by atoms with E-state index in [2.05, 4.69) is 0 Å². The second-order valence-electron chi connectivity index (χ2n) is 6.13. The van der Waals surface area contributed by atoms with Crippen LogP contribution in [0.1, 0.15) is 36.8 Å². The standard InChI is InChI=1S/C17H18Cl2F3NO2/c1-23(9-17(20,21)22)8-12-13(18)7-6-11(15(12)19)16(25)10-4-2-3-5-14(10)24/h6-7,25H,2-5,8-9H2,1H3. The quantitative estimate of drug-likeness (QED) is 0.547. The Morgan fingerprint density at radius 3 is 2.48 bits per heavy atom. The fraction of sp³-hybridized carbons (Fsp3) is 0.471. The average molecular weight is 396 g/mol. The van der Waals surface area contributed by atoms with Gasteiger partial charge in [0.25, 0.3) is 0 Å². The molecule has 1 fully saturated rings. The highest BCUT2D eigenvalue weighted by Gasteiger charge is 2.30. The zero-order valence-electron chi connectivity index (χ0n) is 13.6. The van der Waals surface area contributed by atoms with Gasteiger partial charge in [-0.2, -0.15) is 13.2 Å². The molecule has 1 aromatic carbocycles. The molecule has 8 heteroatoms. The Labute approximate surface area is 154 Å². The maximum atomic E-state index is 12.5. The summed E-state index contributed by atoms with van der Waals surface area (Å²) in [5.41, 5.74) is 0.805. The molecule has 1 aromatic rings. The van der Waals surface area contributed by atoms with Crippen LogP contribution in [0.25, 0.3) is 5.76 Å². The van der Waals surface area contributed by atoms with Crippen molar-refractivity contribution in [2.75, 3.05) is 13.6 Å². The maximum absolute atomic E-state index is 12.5. The summed E-state index contributed by atoms with van der Waals surface area (Å²) in [5, 5.41) is 10.7. The highest BCUT2D eigenvalue weighted by Crippen LogP contribution is 2.35. The molecule has 138 valence electrons. The lowest BCUT2D eigenvalue weighted by Gasteiger charge is -2.21. The van der Waals surface area contributed by atoms with Crippen LogP contribution in [0.15, 0.2) is 17.7 Å². The zero-order chi connectivity index (χ0) is 18.8. The summed E-state index contributed by atoms with van der Waals surface area (Å²) in [4.78, 5) is 13.0. The molecule has 0 aliphatic heterocycles. The molecule has 0 radical (unpaired) electrons. The van der Waals surface area contributed by atoms with Crippen LogP contribution >= 0.6 is 23.2 Å². The van der Waals surface area contributed by atoms with E-state index < -0.39 is 12.7 Å². The summed E-state index contributed by atoms with van der Waals surface area (Å²) in [7, 11) is 1.30. The number of benzene rings is 1. The van der Waals surface area contributed by atoms with Crippen molar-refractivity contribution in [2.24, 2.45) is 0 Å². The summed E-state index contributed by atoms with van der Waals surface area (Å²) in [6.07, 6.45) is -1.96. The number of halogens is 5. The van der Waals surface area contributed by atoms with Crippen molar-refractivity contribution in [1.82, 2.24) is 4.90 Å². The number of nitrogens with zero attached hydrogens (tertiary/aromatic N) is 1. The Hall–Kier alpha value is -1.24. The minimum atomic E-state index is -4.34. The van der Waals surface area contributed by atoms with Crippen LogP contribution in [-0.2, 0) is 11.3 Å². The zero-order valence-corrected chi connectivity index (χ0v) is 15.1. The third-order valence-electron chi connectivity index (χ3n) is 4.02. The van der Waals surface area contributed by atoms with Gasteiger partial charge in [-0.3, -0.25) is 9.69 Å². The van der Waals surface area contributed by atoms with Crippen molar-refractivity contribution in [3.8, 4) is 0 Å². The molecule has 0 saturated heterocycles. The number of hydrogen-bond donors (Lipinski definition) is 1. The Morgan fingerprint density at radius 1 is 1.24 bits per heavy atom. The first-order chi connectivity index (χ1) is 11.6. The Bertz CT molecular complexity index is 702. The van der Waals surface area contributed by atoms with Crippen molar-refractivity contribution in [1.29, 1.82) is 0 Å². The first-order valence-electron chi connectivity index (χ1n) is 7.78. The highest BCUT2D eigenvalue weighted by atomic mass is 35.5. The molecule has 3 nitrogen and oxygen atoms in total. The minimum absolute atomic E-state index is 0.0601. The molecule has 0 aromatic heterocycles.